The van der Waals surface area contributed by atoms with E-state index in [4.69, 9.17) is 44.3 Å². The number of esters is 1. The molecule has 1 N–H and O–H groups in total. The van der Waals surface area contributed by atoms with Crippen molar-refractivity contribution in [3.8, 4) is 5.75 Å². The lowest BCUT2D eigenvalue weighted by Crippen LogP contribution is -2.21. The van der Waals surface area contributed by atoms with Crippen molar-refractivity contribution in [3.05, 3.63) is 30.0 Å². The van der Waals surface area contributed by atoms with Gasteiger partial charge < -0.3 is 14.5 Å². The van der Waals surface area contributed by atoms with Gasteiger partial charge in [0, 0.05) is 22.7 Å². The molecule has 0 spiro atoms. The number of ether oxygens (including phenoxy) is 2. The smallest absolute Gasteiger partial charge is 0.358 e. The molecule has 2 rings (SSSR count). The highest BCUT2D eigenvalue weighted by molar-refractivity contribution is 6.75. The number of H-pyrrole nitrogens is 1. The van der Waals surface area contributed by atoms with Gasteiger partial charge in [0.2, 0.25) is 0 Å². The Bertz CT molecular complexity index is 604. The Kier molecular flexibility index (Phi) is 4.13. The highest BCUT2D eigenvalue weighted by Crippen LogP contribution is 2.31. The average Bonchev–Trinajstić information content (AvgIpc) is 2.77. The zero-order chi connectivity index (χ0) is 14.0. The van der Waals surface area contributed by atoms with Gasteiger partial charge in [0.15, 0.2) is 0 Å². The number of benzene rings is 1. The summed E-state index contributed by atoms with van der Waals surface area (Å²) in [5.74, 6) is -0.236. The molecule has 2 aromatic rings. The molecule has 0 aliphatic rings. The molecule has 1 heterocycles. The minimum atomic E-state index is -2.07. The topological polar surface area (TPSA) is 51.3 Å². The molecule has 1 aromatic heterocycles. The maximum atomic E-state index is 11.4. The number of hydrogen-bond acceptors (Lipinski definition) is 3. The van der Waals surface area contributed by atoms with Crippen LogP contribution in [-0.4, -0.2) is 21.9 Å². The lowest BCUT2D eigenvalue weighted by atomic mass is 10.1. The number of rotatable bonds is 3. The Hall–Kier alpha value is -1.10. The molecule has 102 valence electrons. The molecule has 0 atom stereocenters. The molecule has 19 heavy (non-hydrogen) atoms. The van der Waals surface area contributed by atoms with E-state index in [0.717, 1.165) is 16.5 Å². The molecular formula is C12H10Cl3NO3. The van der Waals surface area contributed by atoms with Crippen LogP contribution in [0.2, 0.25) is 0 Å². The van der Waals surface area contributed by atoms with Gasteiger partial charge in [-0.25, -0.2) is 4.79 Å². The molecule has 0 bridgehead atoms. The van der Waals surface area contributed by atoms with Crippen molar-refractivity contribution in [1.82, 2.24) is 4.98 Å². The number of alkyl halides is 3. The fourth-order valence-electron chi connectivity index (χ4n) is 1.73. The molecular weight excluding hydrogens is 312 g/mol. The number of aromatic nitrogens is 1. The van der Waals surface area contributed by atoms with Gasteiger partial charge in [-0.3, -0.25) is 0 Å². The van der Waals surface area contributed by atoms with Crippen LogP contribution < -0.4 is 4.74 Å². The number of carbonyl (C=O) groups is 1. The lowest BCUT2D eigenvalue weighted by Gasteiger charge is -2.10. The maximum Gasteiger partial charge on any atom is 0.358 e. The summed E-state index contributed by atoms with van der Waals surface area (Å²) in [6, 6.07) is 5.56. The molecule has 0 saturated heterocycles. The van der Waals surface area contributed by atoms with Gasteiger partial charge in [-0.1, -0.05) is 40.9 Å². The molecule has 4 nitrogen and oxygen atoms in total. The second-order valence-corrected chi connectivity index (χ2v) is 6.05. The summed E-state index contributed by atoms with van der Waals surface area (Å²) in [6.07, 6.45) is 1.72. The summed E-state index contributed by atoms with van der Waals surface area (Å²) in [5, 5.41) is 0.835. The van der Waals surface area contributed by atoms with Crippen molar-refractivity contribution in [2.75, 3.05) is 7.11 Å². The third kappa shape index (κ3) is 3.08. The summed E-state index contributed by atoms with van der Waals surface area (Å²) in [6.45, 7) is -0.00683. The fourth-order valence-corrected chi connectivity index (χ4v) is 1.89. The summed E-state index contributed by atoms with van der Waals surface area (Å²) in [7, 11) is 1.57. The summed E-state index contributed by atoms with van der Waals surface area (Å²) in [5.41, 5.74) is 1.62. The number of fused-ring (bicyclic) bond motifs is 1. The zero-order valence-corrected chi connectivity index (χ0v) is 12.1. The highest BCUT2D eigenvalue weighted by Gasteiger charge is 2.32. The molecule has 0 aliphatic heterocycles. The van der Waals surface area contributed by atoms with Crippen LogP contribution in [0.3, 0.4) is 0 Å². The standard InChI is InChI=1S/C12H10Cl3NO3/c1-18-9-4-2-3-8-10(9)7(5-16-8)6-19-11(17)12(13,14)15/h2-5,16H,6H2,1H3. The number of carbonyl (C=O) groups excluding carboxylic acids is 1. The zero-order valence-electron chi connectivity index (χ0n) is 9.88. The van der Waals surface area contributed by atoms with Gasteiger partial charge in [0.1, 0.15) is 12.4 Å². The van der Waals surface area contributed by atoms with Crippen LogP contribution in [0.25, 0.3) is 10.9 Å². The van der Waals surface area contributed by atoms with Crippen molar-refractivity contribution in [1.29, 1.82) is 0 Å². The molecule has 7 heteroatoms. The molecule has 0 radical (unpaired) electrons. The Morgan fingerprint density at radius 2 is 2.11 bits per heavy atom. The van der Waals surface area contributed by atoms with Crippen molar-refractivity contribution >= 4 is 51.7 Å². The van der Waals surface area contributed by atoms with Gasteiger partial charge in [-0.15, -0.1) is 0 Å². The third-order valence-corrected chi connectivity index (χ3v) is 3.02. The van der Waals surface area contributed by atoms with Crippen LogP contribution in [0.4, 0.5) is 0 Å². The van der Waals surface area contributed by atoms with Crippen LogP contribution in [0.5, 0.6) is 5.75 Å². The number of nitrogens with one attached hydrogen (secondary N) is 1. The van der Waals surface area contributed by atoms with E-state index >= 15 is 0 Å². The summed E-state index contributed by atoms with van der Waals surface area (Å²) in [4.78, 5) is 14.4. The van der Waals surface area contributed by atoms with Crippen LogP contribution in [-0.2, 0) is 16.1 Å². The molecule has 1 aromatic carbocycles. The molecule has 0 aliphatic carbocycles. The fraction of sp³-hybridized carbons (Fsp3) is 0.250. The first-order valence-electron chi connectivity index (χ1n) is 5.30. The predicted molar refractivity (Wildman–Crippen MR) is 74.9 cm³/mol. The Labute approximate surface area is 124 Å². The second kappa shape index (κ2) is 5.49. The number of methoxy groups -OCH3 is 1. The van der Waals surface area contributed by atoms with Gasteiger partial charge in [0.25, 0.3) is 3.79 Å². The maximum absolute atomic E-state index is 11.4. The first-order chi connectivity index (χ1) is 8.93. The Morgan fingerprint density at radius 1 is 1.37 bits per heavy atom. The van der Waals surface area contributed by atoms with E-state index in [-0.39, 0.29) is 6.61 Å². The highest BCUT2D eigenvalue weighted by atomic mass is 35.6. The number of hydrogen-bond donors (Lipinski definition) is 1. The number of aromatic amines is 1. The first-order valence-corrected chi connectivity index (χ1v) is 6.44. The van der Waals surface area contributed by atoms with E-state index in [1.165, 1.54) is 0 Å². The normalized spacial score (nSPS) is 11.6. The van der Waals surface area contributed by atoms with Crippen molar-refractivity contribution < 1.29 is 14.3 Å². The van der Waals surface area contributed by atoms with Crippen LogP contribution in [0.15, 0.2) is 24.4 Å². The minimum absolute atomic E-state index is 0.00683. The van der Waals surface area contributed by atoms with E-state index < -0.39 is 9.76 Å². The third-order valence-electron chi connectivity index (χ3n) is 2.56. The second-order valence-electron chi connectivity index (χ2n) is 3.77. The predicted octanol–water partition coefficient (Wildman–Crippen LogP) is 3.59. The molecule has 0 saturated carbocycles. The summed E-state index contributed by atoms with van der Waals surface area (Å²) < 4.78 is 8.14. The van der Waals surface area contributed by atoms with Crippen molar-refractivity contribution in [2.45, 2.75) is 10.4 Å². The Morgan fingerprint density at radius 3 is 2.74 bits per heavy atom. The monoisotopic (exact) mass is 321 g/mol. The van der Waals surface area contributed by atoms with Gasteiger partial charge in [-0.2, -0.15) is 0 Å². The lowest BCUT2D eigenvalue weighted by molar-refractivity contribution is -0.143. The SMILES string of the molecule is COc1cccc2[nH]cc(COC(=O)C(Cl)(Cl)Cl)c12. The molecule has 0 amide bonds. The first kappa shape index (κ1) is 14.3. The van der Waals surface area contributed by atoms with Crippen molar-refractivity contribution in [2.24, 2.45) is 0 Å². The molecule has 0 fully saturated rings. The van der Waals surface area contributed by atoms with E-state index in [9.17, 15) is 4.79 Å². The quantitative estimate of drug-likeness (QED) is 0.694. The van der Waals surface area contributed by atoms with Crippen LogP contribution in [0.1, 0.15) is 5.56 Å². The van der Waals surface area contributed by atoms with Crippen molar-refractivity contribution in [3.63, 3.8) is 0 Å². The summed E-state index contributed by atoms with van der Waals surface area (Å²) >= 11 is 16.3. The minimum Gasteiger partial charge on any atom is -0.496 e. The van der Waals surface area contributed by atoms with E-state index in [1.807, 2.05) is 18.2 Å². The van der Waals surface area contributed by atoms with Gasteiger partial charge in [0.05, 0.1) is 7.11 Å². The van der Waals surface area contributed by atoms with E-state index in [0.29, 0.717) is 5.75 Å². The van der Waals surface area contributed by atoms with E-state index in [2.05, 4.69) is 4.98 Å². The van der Waals surface area contributed by atoms with Gasteiger partial charge in [-0.05, 0) is 12.1 Å². The average molecular weight is 323 g/mol. The largest absolute Gasteiger partial charge is 0.496 e. The molecule has 0 unspecified atom stereocenters. The van der Waals surface area contributed by atoms with Crippen LogP contribution >= 0.6 is 34.8 Å². The van der Waals surface area contributed by atoms with Gasteiger partial charge >= 0.3 is 5.97 Å². The van der Waals surface area contributed by atoms with E-state index in [1.54, 1.807) is 13.3 Å². The number of halogens is 3. The van der Waals surface area contributed by atoms with Crippen LogP contribution in [0, 0.1) is 0 Å². The Balaban J connectivity index is 2.24.